The lowest BCUT2D eigenvalue weighted by Crippen LogP contribution is -2.17. The molecule has 0 aliphatic heterocycles. The fraction of sp³-hybridized carbons (Fsp3) is 0.100. The Hall–Kier alpha value is -2.85. The molecule has 126 valence electrons. The lowest BCUT2D eigenvalue weighted by atomic mass is 10.2. The van der Waals surface area contributed by atoms with Gasteiger partial charge in [0.15, 0.2) is 0 Å². The van der Waals surface area contributed by atoms with Crippen molar-refractivity contribution in [2.75, 3.05) is 17.3 Å². The summed E-state index contributed by atoms with van der Waals surface area (Å²) in [5.74, 6) is 0.266. The second-order valence-corrected chi connectivity index (χ2v) is 6.14. The second-order valence-electron chi connectivity index (χ2n) is 5.71. The van der Waals surface area contributed by atoms with Gasteiger partial charge in [0.1, 0.15) is 5.82 Å². The monoisotopic (exact) mass is 351 g/mol. The van der Waals surface area contributed by atoms with Crippen molar-refractivity contribution in [1.29, 1.82) is 0 Å². The van der Waals surface area contributed by atoms with Crippen molar-refractivity contribution >= 4 is 29.0 Å². The van der Waals surface area contributed by atoms with Gasteiger partial charge in [-0.2, -0.15) is 0 Å². The number of anilines is 2. The first-order valence-electron chi connectivity index (χ1n) is 7.90. The third-order valence-electron chi connectivity index (χ3n) is 3.78. The maximum Gasteiger partial charge on any atom is 0.256 e. The van der Waals surface area contributed by atoms with Gasteiger partial charge >= 0.3 is 0 Å². The first kappa shape index (κ1) is 17.0. The standard InChI is InChI=1S/C20H18ClN3O/c1-24(14-15-6-3-2-4-7-15)18-10-11-19(22-13-18)23-20(25)16-8-5-9-17(21)12-16/h2-13H,14H2,1H3,(H,22,23,25). The van der Waals surface area contributed by atoms with E-state index in [1.54, 1.807) is 36.5 Å². The van der Waals surface area contributed by atoms with E-state index in [1.807, 2.05) is 31.3 Å². The van der Waals surface area contributed by atoms with Gasteiger partial charge in [-0.1, -0.05) is 48.0 Å². The number of benzene rings is 2. The van der Waals surface area contributed by atoms with Crippen molar-refractivity contribution in [2.24, 2.45) is 0 Å². The van der Waals surface area contributed by atoms with Gasteiger partial charge in [0.05, 0.1) is 11.9 Å². The predicted octanol–water partition coefficient (Wildman–Crippen LogP) is 4.62. The molecule has 0 atom stereocenters. The van der Waals surface area contributed by atoms with E-state index in [-0.39, 0.29) is 5.91 Å². The molecule has 2 aromatic carbocycles. The summed E-state index contributed by atoms with van der Waals surface area (Å²) >= 11 is 5.91. The highest BCUT2D eigenvalue weighted by Gasteiger charge is 2.08. The normalized spacial score (nSPS) is 10.3. The predicted molar refractivity (Wildman–Crippen MR) is 102 cm³/mol. The summed E-state index contributed by atoms with van der Waals surface area (Å²) in [6.07, 6.45) is 1.75. The Bertz CT molecular complexity index is 850. The van der Waals surface area contributed by atoms with Crippen LogP contribution < -0.4 is 10.2 Å². The van der Waals surface area contributed by atoms with Gasteiger partial charge < -0.3 is 10.2 Å². The van der Waals surface area contributed by atoms with E-state index in [2.05, 4.69) is 27.3 Å². The van der Waals surface area contributed by atoms with Crippen molar-refractivity contribution in [2.45, 2.75) is 6.54 Å². The summed E-state index contributed by atoms with van der Waals surface area (Å²) in [6.45, 7) is 0.788. The Balaban J connectivity index is 1.64. The molecule has 1 aromatic heterocycles. The Labute approximate surface area is 152 Å². The molecule has 0 fully saturated rings. The van der Waals surface area contributed by atoms with Crippen LogP contribution in [0.5, 0.6) is 0 Å². The lowest BCUT2D eigenvalue weighted by Gasteiger charge is -2.19. The number of halogens is 1. The second kappa shape index (κ2) is 7.81. The van der Waals surface area contributed by atoms with Crippen LogP contribution in [0.2, 0.25) is 5.02 Å². The maximum atomic E-state index is 12.2. The van der Waals surface area contributed by atoms with Crippen molar-refractivity contribution in [3.05, 3.63) is 89.1 Å². The van der Waals surface area contributed by atoms with Crippen LogP contribution in [0.4, 0.5) is 11.5 Å². The van der Waals surface area contributed by atoms with Crippen LogP contribution in [0.3, 0.4) is 0 Å². The number of carbonyl (C=O) groups excluding carboxylic acids is 1. The van der Waals surface area contributed by atoms with Crippen molar-refractivity contribution in [3.63, 3.8) is 0 Å². The molecule has 25 heavy (non-hydrogen) atoms. The molecule has 0 unspecified atom stereocenters. The number of amides is 1. The fourth-order valence-corrected chi connectivity index (χ4v) is 2.64. The highest BCUT2D eigenvalue weighted by molar-refractivity contribution is 6.31. The zero-order valence-corrected chi connectivity index (χ0v) is 14.6. The Kier molecular flexibility index (Phi) is 5.31. The number of aromatic nitrogens is 1. The largest absolute Gasteiger partial charge is 0.369 e. The average molecular weight is 352 g/mol. The molecule has 5 heteroatoms. The quantitative estimate of drug-likeness (QED) is 0.729. The Morgan fingerprint density at radius 2 is 1.88 bits per heavy atom. The summed E-state index contributed by atoms with van der Waals surface area (Å²) in [6, 6.07) is 20.8. The van der Waals surface area contributed by atoms with Crippen molar-refractivity contribution < 1.29 is 4.79 Å². The number of nitrogens with one attached hydrogen (secondary N) is 1. The van der Waals surface area contributed by atoms with E-state index in [9.17, 15) is 4.79 Å². The molecule has 0 aliphatic rings. The van der Waals surface area contributed by atoms with Gasteiger partial charge in [-0.05, 0) is 35.9 Å². The third kappa shape index (κ3) is 4.58. The Morgan fingerprint density at radius 1 is 1.08 bits per heavy atom. The van der Waals surface area contributed by atoms with Crippen LogP contribution in [0, 0.1) is 0 Å². The molecule has 0 radical (unpaired) electrons. The molecule has 3 rings (SSSR count). The van der Waals surface area contributed by atoms with E-state index >= 15 is 0 Å². The molecular formula is C20H18ClN3O. The van der Waals surface area contributed by atoms with E-state index in [0.717, 1.165) is 12.2 Å². The van der Waals surface area contributed by atoms with Gasteiger partial charge in [-0.15, -0.1) is 0 Å². The van der Waals surface area contributed by atoms with Gasteiger partial charge in [-0.25, -0.2) is 4.98 Å². The summed E-state index contributed by atoms with van der Waals surface area (Å²) in [5, 5.41) is 3.30. The van der Waals surface area contributed by atoms with E-state index in [1.165, 1.54) is 5.56 Å². The molecular weight excluding hydrogens is 334 g/mol. The first-order valence-corrected chi connectivity index (χ1v) is 8.27. The molecule has 1 heterocycles. The van der Waals surface area contributed by atoms with E-state index < -0.39 is 0 Å². The highest BCUT2D eigenvalue weighted by atomic mass is 35.5. The van der Waals surface area contributed by atoms with Crippen LogP contribution in [0.25, 0.3) is 0 Å². The van der Waals surface area contributed by atoms with Gasteiger partial charge in [0.25, 0.3) is 5.91 Å². The van der Waals surface area contributed by atoms with Crippen LogP contribution in [-0.4, -0.2) is 17.9 Å². The number of pyridine rings is 1. The van der Waals surface area contributed by atoms with Crippen LogP contribution in [0.1, 0.15) is 15.9 Å². The lowest BCUT2D eigenvalue weighted by molar-refractivity contribution is 0.102. The summed E-state index contributed by atoms with van der Waals surface area (Å²) in [7, 11) is 2.01. The van der Waals surface area contributed by atoms with Gasteiger partial charge in [0.2, 0.25) is 0 Å². The summed E-state index contributed by atoms with van der Waals surface area (Å²) < 4.78 is 0. The molecule has 0 saturated heterocycles. The molecule has 0 saturated carbocycles. The number of hydrogen-bond acceptors (Lipinski definition) is 3. The topological polar surface area (TPSA) is 45.2 Å². The van der Waals surface area contributed by atoms with Gasteiger partial charge in [-0.3, -0.25) is 4.79 Å². The molecule has 0 bridgehead atoms. The zero-order valence-electron chi connectivity index (χ0n) is 13.8. The number of rotatable bonds is 5. The van der Waals surface area contributed by atoms with Crippen molar-refractivity contribution in [3.8, 4) is 0 Å². The van der Waals surface area contributed by atoms with E-state index in [4.69, 9.17) is 11.6 Å². The minimum atomic E-state index is -0.236. The molecule has 3 aromatic rings. The highest BCUT2D eigenvalue weighted by Crippen LogP contribution is 2.17. The minimum absolute atomic E-state index is 0.236. The molecule has 4 nitrogen and oxygen atoms in total. The smallest absolute Gasteiger partial charge is 0.256 e. The number of hydrogen-bond donors (Lipinski definition) is 1. The number of carbonyl (C=O) groups is 1. The molecule has 1 N–H and O–H groups in total. The van der Waals surface area contributed by atoms with Crippen LogP contribution in [-0.2, 0) is 6.54 Å². The molecule has 0 spiro atoms. The maximum absolute atomic E-state index is 12.2. The fourth-order valence-electron chi connectivity index (χ4n) is 2.45. The summed E-state index contributed by atoms with van der Waals surface area (Å²) in [4.78, 5) is 18.6. The average Bonchev–Trinajstić information content (AvgIpc) is 2.63. The van der Waals surface area contributed by atoms with E-state index in [0.29, 0.717) is 16.4 Å². The van der Waals surface area contributed by atoms with Crippen LogP contribution >= 0.6 is 11.6 Å². The first-order chi connectivity index (χ1) is 12.1. The van der Waals surface area contributed by atoms with Crippen LogP contribution in [0.15, 0.2) is 72.9 Å². The van der Waals surface area contributed by atoms with Gasteiger partial charge in [0, 0.05) is 24.2 Å². The molecule has 0 aliphatic carbocycles. The SMILES string of the molecule is CN(Cc1ccccc1)c1ccc(NC(=O)c2cccc(Cl)c2)nc1. The zero-order chi connectivity index (χ0) is 17.6. The third-order valence-corrected chi connectivity index (χ3v) is 4.01. The minimum Gasteiger partial charge on any atom is -0.369 e. The molecule has 1 amide bonds. The summed E-state index contributed by atoms with van der Waals surface area (Å²) in [5.41, 5.74) is 2.70. The van der Waals surface area contributed by atoms with Crippen molar-refractivity contribution in [1.82, 2.24) is 4.98 Å². The Morgan fingerprint density at radius 3 is 2.56 bits per heavy atom. The number of nitrogens with zero attached hydrogens (tertiary/aromatic N) is 2.